The fourth-order valence-corrected chi connectivity index (χ4v) is 1.28. The molecule has 0 fully saturated rings. The molecule has 0 aliphatic rings. The second kappa shape index (κ2) is 5.97. The third-order valence-electron chi connectivity index (χ3n) is 2.23. The molecule has 1 atom stereocenters. The molecular weight excluding hydrogens is 166 g/mol. The normalized spacial score (nSPS) is 15.1. The minimum Gasteiger partial charge on any atom is -0.380 e. The fourth-order valence-electron chi connectivity index (χ4n) is 1.28. The van der Waals surface area contributed by atoms with Gasteiger partial charge in [0.05, 0.1) is 0 Å². The van der Waals surface area contributed by atoms with Gasteiger partial charge in [-0.25, -0.2) is 0 Å². The highest BCUT2D eigenvalue weighted by Gasteiger charge is 2.27. The molecule has 0 saturated carbocycles. The summed E-state index contributed by atoms with van der Waals surface area (Å²) in [6, 6.07) is 0. The van der Waals surface area contributed by atoms with Gasteiger partial charge in [-0.1, -0.05) is 32.6 Å². The number of carbonyl (C=O) groups excluding carboxylic acids is 1. The van der Waals surface area contributed by atoms with E-state index in [2.05, 4.69) is 12.2 Å². The number of amides is 1. The summed E-state index contributed by atoms with van der Waals surface area (Å²) in [5.41, 5.74) is -1.19. The van der Waals surface area contributed by atoms with E-state index in [0.29, 0.717) is 6.42 Å². The van der Waals surface area contributed by atoms with Crippen molar-refractivity contribution in [3.8, 4) is 0 Å². The molecule has 0 aromatic carbocycles. The summed E-state index contributed by atoms with van der Waals surface area (Å²) in [4.78, 5) is 11.1. The second-order valence-electron chi connectivity index (χ2n) is 3.66. The summed E-state index contributed by atoms with van der Waals surface area (Å²) >= 11 is 0. The summed E-state index contributed by atoms with van der Waals surface area (Å²) in [6.07, 6.45) is 4.89. The lowest BCUT2D eigenvalue weighted by Crippen LogP contribution is -2.42. The van der Waals surface area contributed by atoms with E-state index in [1.54, 1.807) is 14.0 Å². The molecular formula is C10H21NO2. The average Bonchev–Trinajstić information content (AvgIpc) is 2.11. The SMILES string of the molecule is CCCCCCC(C)(O)C(=O)NC. The standard InChI is InChI=1S/C10H21NO2/c1-4-5-6-7-8-10(2,13)9(12)11-3/h13H,4-8H2,1-3H3,(H,11,12). The van der Waals surface area contributed by atoms with Crippen molar-refractivity contribution in [3.05, 3.63) is 0 Å². The molecule has 3 nitrogen and oxygen atoms in total. The van der Waals surface area contributed by atoms with Crippen molar-refractivity contribution >= 4 is 5.91 Å². The van der Waals surface area contributed by atoms with E-state index in [9.17, 15) is 9.90 Å². The molecule has 0 aromatic rings. The van der Waals surface area contributed by atoms with Crippen molar-refractivity contribution in [1.82, 2.24) is 5.32 Å². The molecule has 13 heavy (non-hydrogen) atoms. The number of aliphatic hydroxyl groups is 1. The van der Waals surface area contributed by atoms with Gasteiger partial charge in [-0.2, -0.15) is 0 Å². The Labute approximate surface area is 80.5 Å². The number of hydrogen-bond acceptors (Lipinski definition) is 2. The number of hydrogen-bond donors (Lipinski definition) is 2. The molecule has 2 N–H and O–H groups in total. The van der Waals surface area contributed by atoms with Crippen LogP contribution in [0, 0.1) is 0 Å². The molecule has 0 aliphatic heterocycles. The van der Waals surface area contributed by atoms with Gasteiger partial charge in [0.15, 0.2) is 0 Å². The van der Waals surface area contributed by atoms with Crippen molar-refractivity contribution in [3.63, 3.8) is 0 Å². The van der Waals surface area contributed by atoms with E-state index in [4.69, 9.17) is 0 Å². The largest absolute Gasteiger partial charge is 0.380 e. The van der Waals surface area contributed by atoms with Crippen LogP contribution in [0.3, 0.4) is 0 Å². The lowest BCUT2D eigenvalue weighted by molar-refractivity contribution is -0.138. The van der Waals surface area contributed by atoms with E-state index in [1.165, 1.54) is 12.8 Å². The number of nitrogens with one attached hydrogen (secondary N) is 1. The zero-order valence-electron chi connectivity index (χ0n) is 8.89. The molecule has 0 aliphatic carbocycles. The van der Waals surface area contributed by atoms with Gasteiger partial charge in [0.25, 0.3) is 5.91 Å². The summed E-state index contributed by atoms with van der Waals surface area (Å²) in [5, 5.41) is 12.1. The molecule has 0 rings (SSSR count). The Morgan fingerprint density at radius 1 is 1.38 bits per heavy atom. The molecule has 78 valence electrons. The van der Waals surface area contributed by atoms with Crippen molar-refractivity contribution in [1.29, 1.82) is 0 Å². The van der Waals surface area contributed by atoms with Gasteiger partial charge in [-0.15, -0.1) is 0 Å². The highest BCUT2D eigenvalue weighted by molar-refractivity contribution is 5.83. The third kappa shape index (κ3) is 4.88. The smallest absolute Gasteiger partial charge is 0.251 e. The first kappa shape index (κ1) is 12.4. The van der Waals surface area contributed by atoms with Crippen LogP contribution in [0.15, 0.2) is 0 Å². The third-order valence-corrected chi connectivity index (χ3v) is 2.23. The molecule has 0 bridgehead atoms. The van der Waals surface area contributed by atoms with E-state index in [-0.39, 0.29) is 5.91 Å². The first-order valence-corrected chi connectivity index (χ1v) is 4.99. The number of likely N-dealkylation sites (N-methyl/N-ethyl adjacent to an activating group) is 1. The summed E-state index contributed by atoms with van der Waals surface area (Å²) in [5.74, 6) is -0.288. The maximum absolute atomic E-state index is 11.1. The quantitative estimate of drug-likeness (QED) is 0.618. The predicted octanol–water partition coefficient (Wildman–Crippen LogP) is 1.45. The average molecular weight is 187 g/mol. The molecule has 0 heterocycles. The Bertz CT molecular complexity index is 155. The van der Waals surface area contributed by atoms with Gasteiger partial charge in [-0.05, 0) is 13.3 Å². The minimum atomic E-state index is -1.19. The minimum absolute atomic E-state index is 0.288. The number of unbranched alkanes of at least 4 members (excludes halogenated alkanes) is 3. The topological polar surface area (TPSA) is 49.3 Å². The Morgan fingerprint density at radius 2 is 2.00 bits per heavy atom. The van der Waals surface area contributed by atoms with Crippen LogP contribution in [0.1, 0.15) is 46.0 Å². The monoisotopic (exact) mass is 187 g/mol. The van der Waals surface area contributed by atoms with Gasteiger partial charge in [0, 0.05) is 7.05 Å². The van der Waals surface area contributed by atoms with Crippen LogP contribution in [0.25, 0.3) is 0 Å². The second-order valence-corrected chi connectivity index (χ2v) is 3.66. The molecule has 0 radical (unpaired) electrons. The highest BCUT2D eigenvalue weighted by atomic mass is 16.3. The Balaban J connectivity index is 3.69. The maximum Gasteiger partial charge on any atom is 0.251 e. The van der Waals surface area contributed by atoms with Gasteiger partial charge in [0.1, 0.15) is 5.60 Å². The molecule has 0 saturated heterocycles. The van der Waals surface area contributed by atoms with Gasteiger partial charge < -0.3 is 10.4 Å². The molecule has 0 aromatic heterocycles. The zero-order valence-corrected chi connectivity index (χ0v) is 8.89. The molecule has 1 amide bonds. The van der Waals surface area contributed by atoms with E-state index < -0.39 is 5.60 Å². The lowest BCUT2D eigenvalue weighted by atomic mass is 9.97. The van der Waals surface area contributed by atoms with Crippen LogP contribution in [0.5, 0.6) is 0 Å². The number of rotatable bonds is 6. The zero-order chi connectivity index (χ0) is 10.3. The van der Waals surface area contributed by atoms with Crippen LogP contribution < -0.4 is 5.32 Å². The van der Waals surface area contributed by atoms with E-state index in [1.807, 2.05) is 0 Å². The Morgan fingerprint density at radius 3 is 2.46 bits per heavy atom. The Kier molecular flexibility index (Phi) is 5.71. The predicted molar refractivity (Wildman–Crippen MR) is 53.4 cm³/mol. The molecule has 1 unspecified atom stereocenters. The first-order chi connectivity index (χ1) is 6.04. The van der Waals surface area contributed by atoms with Gasteiger partial charge in [0.2, 0.25) is 0 Å². The van der Waals surface area contributed by atoms with Crippen LogP contribution in [0.2, 0.25) is 0 Å². The van der Waals surface area contributed by atoms with Crippen LogP contribution >= 0.6 is 0 Å². The van der Waals surface area contributed by atoms with Crippen molar-refractivity contribution < 1.29 is 9.90 Å². The summed E-state index contributed by atoms with van der Waals surface area (Å²) in [7, 11) is 1.54. The van der Waals surface area contributed by atoms with Crippen molar-refractivity contribution in [2.24, 2.45) is 0 Å². The first-order valence-electron chi connectivity index (χ1n) is 4.99. The van der Waals surface area contributed by atoms with Crippen LogP contribution in [-0.4, -0.2) is 23.7 Å². The Hall–Kier alpha value is -0.570. The fraction of sp³-hybridized carbons (Fsp3) is 0.900. The lowest BCUT2D eigenvalue weighted by Gasteiger charge is -2.20. The highest BCUT2D eigenvalue weighted by Crippen LogP contribution is 2.14. The van der Waals surface area contributed by atoms with Crippen LogP contribution in [-0.2, 0) is 4.79 Å². The van der Waals surface area contributed by atoms with Crippen molar-refractivity contribution in [2.45, 2.75) is 51.6 Å². The summed E-state index contributed by atoms with van der Waals surface area (Å²) in [6.45, 7) is 3.70. The maximum atomic E-state index is 11.1. The van der Waals surface area contributed by atoms with Gasteiger partial charge >= 0.3 is 0 Å². The molecule has 0 spiro atoms. The van der Waals surface area contributed by atoms with Gasteiger partial charge in [-0.3, -0.25) is 4.79 Å². The van der Waals surface area contributed by atoms with Crippen molar-refractivity contribution in [2.75, 3.05) is 7.05 Å². The van der Waals surface area contributed by atoms with Crippen LogP contribution in [0.4, 0.5) is 0 Å². The van der Waals surface area contributed by atoms with E-state index in [0.717, 1.165) is 12.8 Å². The molecule has 3 heteroatoms. The summed E-state index contributed by atoms with van der Waals surface area (Å²) < 4.78 is 0. The number of carbonyl (C=O) groups is 1. The van der Waals surface area contributed by atoms with E-state index >= 15 is 0 Å².